The molecule has 4 aliphatic rings. The molecule has 15 atom stereocenters. The molecule has 6 rings (SSSR count). The van der Waals surface area contributed by atoms with Gasteiger partial charge < -0.3 is 53.8 Å². The quantitative estimate of drug-likeness (QED) is 0.384. The maximum absolute atomic E-state index is 14.7. The van der Waals surface area contributed by atoms with Crippen molar-refractivity contribution < 1.29 is 43.4 Å². The summed E-state index contributed by atoms with van der Waals surface area (Å²) in [6.45, 7) is 11.9. The van der Waals surface area contributed by atoms with E-state index in [9.17, 15) is 20.3 Å². The third-order valence-electron chi connectivity index (χ3n) is 12.3. The molecule has 2 bridgehead atoms. The van der Waals surface area contributed by atoms with E-state index in [4.69, 9.17) is 33.4 Å². The van der Waals surface area contributed by atoms with Crippen molar-refractivity contribution >= 4 is 22.4 Å². The van der Waals surface area contributed by atoms with E-state index < -0.39 is 72.4 Å². The molecule has 2 aromatic rings. The molecule has 0 radical (unpaired) electrons. The largest absolute Gasteiger partial charge is 0.387 e. The minimum Gasteiger partial charge on any atom is -0.387 e. The molecule has 3 saturated heterocycles. The summed E-state index contributed by atoms with van der Waals surface area (Å²) < 4.78 is 39.0. The number of hydrogen-bond acceptors (Lipinski definition) is 14. The number of nitrogens with zero attached hydrogens (tertiary/aromatic N) is 4. The summed E-state index contributed by atoms with van der Waals surface area (Å²) in [6, 6.07) is 8.92. The minimum atomic E-state index is -1.79. The van der Waals surface area contributed by atoms with Crippen LogP contribution < -0.4 is 10.2 Å². The van der Waals surface area contributed by atoms with Crippen molar-refractivity contribution in [3.8, 4) is 6.07 Å². The van der Waals surface area contributed by atoms with Gasteiger partial charge in [-0.15, -0.1) is 11.3 Å². The maximum Gasteiger partial charge on any atom is 0.226 e. The van der Waals surface area contributed by atoms with E-state index in [-0.39, 0.29) is 36.8 Å². The van der Waals surface area contributed by atoms with Gasteiger partial charge in [-0.1, -0.05) is 32.9 Å². The number of aromatic nitrogens is 1. The first-order chi connectivity index (χ1) is 26.4. The van der Waals surface area contributed by atoms with Crippen LogP contribution in [0.2, 0.25) is 0 Å². The Labute approximate surface area is 335 Å². The standard InChI is InChI=1S/C41H61N5O9S/c1-22-17-41(49)36(54-38-34(55-41)31(45(7)8)15-23(2)51-38)24(3)33(53-32-18-40(6,50-10)35(47)26(5)52-32)25(4)37(48)43-29(16-27-11-13-28(19-42)14-12-27)30-21-56-39(44-30)46(9)20-22/h11-14,21-26,29,31-36,38,47,49H,15-18,20H2,1-10H3,(H,43,48)/t22-,23-,24+,25?,26?,29?,31?,32?,33+,34-,35+,36-,38?,40?,41+/m1/s1. The Morgan fingerprint density at radius 1 is 1.12 bits per heavy atom. The lowest BCUT2D eigenvalue weighted by Gasteiger charge is -2.55. The van der Waals surface area contributed by atoms with Crippen LogP contribution in [0.5, 0.6) is 0 Å². The van der Waals surface area contributed by atoms with Crippen LogP contribution in [0.25, 0.3) is 0 Å². The van der Waals surface area contributed by atoms with E-state index in [2.05, 4.69) is 28.1 Å². The zero-order valence-corrected chi connectivity index (χ0v) is 35.2. The van der Waals surface area contributed by atoms with Crippen LogP contribution in [0.3, 0.4) is 0 Å². The topological polar surface area (TPSA) is 168 Å². The zero-order chi connectivity index (χ0) is 40.7. The lowest BCUT2D eigenvalue weighted by molar-refractivity contribution is -0.426. The van der Waals surface area contributed by atoms with E-state index >= 15 is 0 Å². The first-order valence-electron chi connectivity index (χ1n) is 19.8. The molecular formula is C41H61N5O9S. The van der Waals surface area contributed by atoms with Crippen molar-refractivity contribution in [2.24, 2.45) is 17.8 Å². The number of hydrogen-bond donors (Lipinski definition) is 3. The van der Waals surface area contributed by atoms with Gasteiger partial charge in [0.05, 0.1) is 53.2 Å². The van der Waals surface area contributed by atoms with Gasteiger partial charge in [-0.25, -0.2) is 4.98 Å². The summed E-state index contributed by atoms with van der Waals surface area (Å²) >= 11 is 1.49. The summed E-state index contributed by atoms with van der Waals surface area (Å²) in [4.78, 5) is 23.8. The molecule has 1 aromatic carbocycles. The van der Waals surface area contributed by atoms with E-state index in [1.807, 2.05) is 59.4 Å². The summed E-state index contributed by atoms with van der Waals surface area (Å²) in [5.41, 5.74) is 1.23. The van der Waals surface area contributed by atoms with Gasteiger partial charge in [0.25, 0.3) is 0 Å². The van der Waals surface area contributed by atoms with E-state index in [1.54, 1.807) is 33.1 Å². The summed E-state index contributed by atoms with van der Waals surface area (Å²) in [5.74, 6) is -3.62. The van der Waals surface area contributed by atoms with Gasteiger partial charge >= 0.3 is 0 Å². The fourth-order valence-corrected chi connectivity index (χ4v) is 9.87. The van der Waals surface area contributed by atoms with Gasteiger partial charge in [0, 0.05) is 50.9 Å². The number of nitriles is 1. The average molecular weight is 800 g/mol. The Morgan fingerprint density at radius 3 is 2.50 bits per heavy atom. The predicted octanol–water partition coefficient (Wildman–Crippen LogP) is 3.99. The van der Waals surface area contributed by atoms with Crippen LogP contribution in [0.4, 0.5) is 5.13 Å². The molecule has 7 unspecified atom stereocenters. The smallest absolute Gasteiger partial charge is 0.226 e. The number of benzene rings is 1. The van der Waals surface area contributed by atoms with Crippen molar-refractivity contribution in [1.82, 2.24) is 15.2 Å². The van der Waals surface area contributed by atoms with Crippen molar-refractivity contribution in [3.05, 3.63) is 46.5 Å². The number of nitrogens with one attached hydrogen (secondary N) is 1. The Kier molecular flexibility index (Phi) is 13.2. The Morgan fingerprint density at radius 2 is 1.84 bits per heavy atom. The Hall–Kier alpha value is -2.75. The lowest BCUT2D eigenvalue weighted by Crippen LogP contribution is -2.68. The SMILES string of the molecule is COC1(C)CC(O[C@@H]2C(C)C(=O)NC(Cc3ccc(C#N)cc3)c3csc(n3)N(C)C[C@H](C)C[C@]3(O)O[C@H]4C(O[C@H](C)CC4N(C)C)O[C@@H]3[C@H]2C)OC(C)[C@@H]1O. The Balaban J connectivity index is 1.41. The number of thiazole rings is 1. The highest BCUT2D eigenvalue weighted by molar-refractivity contribution is 7.13. The molecular weight excluding hydrogens is 739 g/mol. The highest BCUT2D eigenvalue weighted by atomic mass is 32.1. The van der Waals surface area contributed by atoms with Crippen LogP contribution in [-0.2, 0) is 39.6 Å². The molecule has 14 nitrogen and oxygen atoms in total. The number of methoxy groups -OCH3 is 1. The van der Waals surface area contributed by atoms with Crippen LogP contribution in [-0.4, -0.2) is 127 Å². The number of ether oxygens (including phenoxy) is 6. The van der Waals surface area contributed by atoms with Gasteiger partial charge in [-0.2, -0.15) is 5.26 Å². The molecule has 0 aliphatic carbocycles. The molecule has 310 valence electrons. The van der Waals surface area contributed by atoms with Crippen molar-refractivity contribution in [3.63, 3.8) is 0 Å². The van der Waals surface area contributed by atoms with Gasteiger partial charge in [-0.05, 0) is 71.3 Å². The first-order valence-corrected chi connectivity index (χ1v) is 20.7. The van der Waals surface area contributed by atoms with Crippen molar-refractivity contribution in [1.29, 1.82) is 5.26 Å². The van der Waals surface area contributed by atoms with E-state index in [0.717, 1.165) is 10.7 Å². The summed E-state index contributed by atoms with van der Waals surface area (Å²) in [6.07, 6.45) is -4.15. The molecule has 5 heterocycles. The molecule has 3 N–H and O–H groups in total. The van der Waals surface area contributed by atoms with Crippen molar-refractivity contribution in [2.45, 2.75) is 140 Å². The molecule has 56 heavy (non-hydrogen) atoms. The highest BCUT2D eigenvalue weighted by Gasteiger charge is 2.58. The summed E-state index contributed by atoms with van der Waals surface area (Å²) in [7, 11) is 7.51. The molecule has 4 aliphatic heterocycles. The fourth-order valence-electron chi connectivity index (χ4n) is 9.01. The normalized spacial score (nSPS) is 41.1. The summed E-state index contributed by atoms with van der Waals surface area (Å²) in [5, 5.41) is 39.3. The number of aliphatic hydroxyl groups is 2. The monoisotopic (exact) mass is 799 g/mol. The van der Waals surface area contributed by atoms with Gasteiger partial charge in [0.1, 0.15) is 18.3 Å². The number of anilines is 1. The molecule has 15 heteroatoms. The van der Waals surface area contributed by atoms with Crippen LogP contribution >= 0.6 is 11.3 Å². The minimum absolute atomic E-state index is 0.0765. The predicted molar refractivity (Wildman–Crippen MR) is 210 cm³/mol. The number of carbonyl (C=O) groups is 1. The number of amides is 1. The number of rotatable bonds is 6. The second kappa shape index (κ2) is 17.2. The zero-order valence-electron chi connectivity index (χ0n) is 34.4. The van der Waals surface area contributed by atoms with Gasteiger partial charge in [0.2, 0.25) is 5.91 Å². The van der Waals surface area contributed by atoms with E-state index in [1.165, 1.54) is 11.3 Å². The Bertz CT molecular complexity index is 1690. The van der Waals surface area contributed by atoms with Crippen LogP contribution in [0.1, 0.15) is 83.7 Å². The number of likely N-dealkylation sites (N-methyl/N-ethyl adjacent to an activating group) is 1. The van der Waals surface area contributed by atoms with Gasteiger partial charge in [-0.3, -0.25) is 4.79 Å². The lowest BCUT2D eigenvalue weighted by atomic mass is 9.80. The van der Waals surface area contributed by atoms with E-state index in [0.29, 0.717) is 30.6 Å². The van der Waals surface area contributed by atoms with Crippen molar-refractivity contribution in [2.75, 3.05) is 39.7 Å². The molecule has 0 saturated carbocycles. The second-order valence-electron chi connectivity index (χ2n) is 17.1. The highest BCUT2D eigenvalue weighted by Crippen LogP contribution is 2.44. The third kappa shape index (κ3) is 8.95. The van der Waals surface area contributed by atoms with Gasteiger partial charge in [0.15, 0.2) is 23.5 Å². The third-order valence-corrected chi connectivity index (χ3v) is 13.2. The first kappa shape index (κ1) is 42.8. The maximum atomic E-state index is 14.7. The molecule has 1 aromatic heterocycles. The molecule has 1 amide bonds. The number of aliphatic hydroxyl groups excluding tert-OH is 1. The average Bonchev–Trinajstić information content (AvgIpc) is 3.65. The molecule has 3 fully saturated rings. The fraction of sp³-hybridized carbons (Fsp3) is 0.732. The van der Waals surface area contributed by atoms with Crippen LogP contribution in [0.15, 0.2) is 29.6 Å². The van der Waals surface area contributed by atoms with Crippen LogP contribution in [0, 0.1) is 29.1 Å². The molecule has 0 spiro atoms. The second-order valence-corrected chi connectivity index (χ2v) is 17.9. The number of carbonyl (C=O) groups excluding carboxylic acids is 1. The number of fused-ring (bicyclic) bond motifs is 4.